The molecule has 0 aromatic heterocycles. The molecule has 0 saturated carbocycles. The number of hydrogen-bond donors (Lipinski definition) is 4. The van der Waals surface area contributed by atoms with E-state index in [1.807, 2.05) is 0 Å². The second-order valence-corrected chi connectivity index (χ2v) is 11.5. The Kier molecular flexibility index (Phi) is 19.2. The molecule has 218 valence electrons. The summed E-state index contributed by atoms with van der Waals surface area (Å²) in [5, 5.41) is 21.4. The van der Waals surface area contributed by atoms with Crippen LogP contribution in [0.25, 0.3) is 0 Å². The Morgan fingerprint density at radius 1 is 0.892 bits per heavy atom. The number of aliphatic hydroxyl groups excluding tert-OH is 1. The third kappa shape index (κ3) is 18.8. The standard InChI is InChI=1S/C26H50NO9P/c1-2-3-4-5-6-7-8-9-10-11-12-13-14-15-16-17-25(29)34-20-22(28)21-35-37(32,33)36-23-18-24(26(30)31)27-19-23/h22-24,27-28H,2-21H2,1H3,(H,30,31)(H,32,33)/t22-,23-,24-/m1/s1. The fourth-order valence-corrected chi connectivity index (χ4v) is 5.28. The van der Waals surface area contributed by atoms with Gasteiger partial charge in [-0.1, -0.05) is 96.8 Å². The lowest BCUT2D eigenvalue weighted by Gasteiger charge is -2.18. The SMILES string of the molecule is CCCCCCCCCCCCCCCCCC(=O)OC[C@@H](O)COP(=O)(O)O[C@H]1CN[C@@H](C(=O)O)C1. The van der Waals surface area contributed by atoms with E-state index in [1.54, 1.807) is 0 Å². The van der Waals surface area contributed by atoms with Crippen molar-refractivity contribution in [3.63, 3.8) is 0 Å². The van der Waals surface area contributed by atoms with Crippen molar-refractivity contribution in [1.29, 1.82) is 0 Å². The van der Waals surface area contributed by atoms with Crippen molar-refractivity contribution in [3.05, 3.63) is 0 Å². The van der Waals surface area contributed by atoms with Crippen LogP contribution >= 0.6 is 7.82 Å². The van der Waals surface area contributed by atoms with Crippen molar-refractivity contribution in [2.24, 2.45) is 0 Å². The van der Waals surface area contributed by atoms with Crippen molar-refractivity contribution < 1.29 is 43.0 Å². The number of aliphatic hydroxyl groups is 1. The normalized spacial score (nSPS) is 20.0. The summed E-state index contributed by atoms with van der Waals surface area (Å²) in [6, 6.07) is -0.848. The largest absolute Gasteiger partial charge is 0.480 e. The number of nitrogens with one attached hydrogen (secondary N) is 1. The summed E-state index contributed by atoms with van der Waals surface area (Å²) >= 11 is 0. The molecule has 10 nitrogen and oxygen atoms in total. The highest BCUT2D eigenvalue weighted by atomic mass is 31.2. The molecule has 1 aliphatic heterocycles. The number of rotatable bonds is 24. The first-order valence-electron chi connectivity index (χ1n) is 14.2. The number of carboxylic acids is 1. The Morgan fingerprint density at radius 2 is 1.41 bits per heavy atom. The van der Waals surface area contributed by atoms with Gasteiger partial charge in [-0.15, -0.1) is 0 Å². The van der Waals surface area contributed by atoms with Gasteiger partial charge in [-0.05, 0) is 6.42 Å². The summed E-state index contributed by atoms with van der Waals surface area (Å²) in [6.45, 7) is 1.45. The van der Waals surface area contributed by atoms with Crippen LogP contribution in [0.4, 0.5) is 0 Å². The molecule has 0 aromatic rings. The lowest BCUT2D eigenvalue weighted by molar-refractivity contribution is -0.147. The molecule has 11 heteroatoms. The van der Waals surface area contributed by atoms with Gasteiger partial charge in [0.1, 0.15) is 18.8 Å². The topological polar surface area (TPSA) is 152 Å². The predicted octanol–water partition coefficient (Wildman–Crippen LogP) is 5.10. The first-order chi connectivity index (χ1) is 17.7. The van der Waals surface area contributed by atoms with Crippen LogP contribution in [0.15, 0.2) is 0 Å². The number of phosphoric ester groups is 1. The van der Waals surface area contributed by atoms with Crippen LogP contribution in [0.1, 0.15) is 116 Å². The summed E-state index contributed by atoms with van der Waals surface area (Å²) in [6.07, 6.45) is 16.9. The van der Waals surface area contributed by atoms with E-state index < -0.39 is 44.6 Å². The number of ether oxygens (including phenoxy) is 1. The molecule has 1 fully saturated rings. The van der Waals surface area contributed by atoms with Gasteiger partial charge in [-0.25, -0.2) is 4.57 Å². The van der Waals surface area contributed by atoms with E-state index in [1.165, 1.54) is 77.0 Å². The van der Waals surface area contributed by atoms with Gasteiger partial charge >= 0.3 is 19.8 Å². The molecule has 0 aliphatic carbocycles. The third-order valence-corrected chi connectivity index (χ3v) is 7.56. The van der Waals surface area contributed by atoms with Gasteiger partial charge in [0.15, 0.2) is 0 Å². The van der Waals surface area contributed by atoms with E-state index >= 15 is 0 Å². The highest BCUT2D eigenvalue weighted by Crippen LogP contribution is 2.45. The van der Waals surface area contributed by atoms with Crippen molar-refractivity contribution in [2.45, 2.75) is 134 Å². The average Bonchev–Trinajstić information content (AvgIpc) is 3.32. The lowest BCUT2D eigenvalue weighted by atomic mass is 10.0. The molecule has 0 radical (unpaired) electrons. The summed E-state index contributed by atoms with van der Waals surface area (Å²) < 4.78 is 26.7. The Morgan fingerprint density at radius 3 is 1.89 bits per heavy atom. The van der Waals surface area contributed by atoms with Crippen molar-refractivity contribution in [2.75, 3.05) is 19.8 Å². The molecule has 4 N–H and O–H groups in total. The minimum Gasteiger partial charge on any atom is -0.480 e. The van der Waals surface area contributed by atoms with Gasteiger partial charge in [-0.2, -0.15) is 0 Å². The second-order valence-electron chi connectivity index (χ2n) is 10.1. The average molecular weight is 552 g/mol. The molecule has 37 heavy (non-hydrogen) atoms. The molecule has 4 atom stereocenters. The van der Waals surface area contributed by atoms with E-state index in [4.69, 9.17) is 18.9 Å². The minimum atomic E-state index is -4.48. The van der Waals surface area contributed by atoms with Gasteiger partial charge in [-0.3, -0.25) is 18.6 Å². The van der Waals surface area contributed by atoms with E-state index in [-0.39, 0.29) is 26.0 Å². The monoisotopic (exact) mass is 551 g/mol. The number of carbonyl (C=O) groups is 2. The summed E-state index contributed by atoms with van der Waals surface area (Å²) in [5.74, 6) is -1.49. The van der Waals surface area contributed by atoms with E-state index in [0.717, 1.165) is 19.3 Å². The van der Waals surface area contributed by atoms with Crippen molar-refractivity contribution in [3.8, 4) is 0 Å². The molecular formula is C26H50NO9P. The maximum atomic E-state index is 12.0. The van der Waals surface area contributed by atoms with Gasteiger partial charge in [0.05, 0.1) is 12.7 Å². The Labute approximate surface area is 222 Å². The quantitative estimate of drug-likeness (QED) is 0.0724. The van der Waals surface area contributed by atoms with Gasteiger partial charge < -0.3 is 25.2 Å². The molecule has 0 bridgehead atoms. The molecular weight excluding hydrogens is 501 g/mol. The number of phosphoric acid groups is 1. The van der Waals surface area contributed by atoms with Gasteiger partial charge in [0.25, 0.3) is 0 Å². The fraction of sp³-hybridized carbons (Fsp3) is 0.923. The number of carbonyl (C=O) groups excluding carboxylic acids is 1. The molecule has 0 aromatic carbocycles. The highest BCUT2D eigenvalue weighted by molar-refractivity contribution is 7.47. The van der Waals surface area contributed by atoms with E-state index in [2.05, 4.69) is 12.2 Å². The third-order valence-electron chi connectivity index (χ3n) is 6.52. The Bertz CT molecular complexity index is 664. The van der Waals surface area contributed by atoms with Crippen molar-refractivity contribution >= 4 is 19.8 Å². The number of hydrogen-bond acceptors (Lipinski definition) is 8. The summed E-state index contributed by atoms with van der Waals surface area (Å²) in [7, 11) is -4.48. The zero-order valence-electron chi connectivity index (χ0n) is 22.6. The highest BCUT2D eigenvalue weighted by Gasteiger charge is 2.35. The van der Waals surface area contributed by atoms with Crippen LogP contribution < -0.4 is 5.32 Å². The molecule has 0 amide bonds. The van der Waals surface area contributed by atoms with Crippen LogP contribution in [0.3, 0.4) is 0 Å². The van der Waals surface area contributed by atoms with Crippen LogP contribution in [0.2, 0.25) is 0 Å². The number of carboxylic acid groups (broad SMARTS) is 1. The molecule has 1 heterocycles. The maximum absolute atomic E-state index is 12.0. The number of esters is 1. The minimum absolute atomic E-state index is 0.0305. The smallest absolute Gasteiger partial charge is 0.472 e. The number of aliphatic carboxylic acids is 1. The fourth-order valence-electron chi connectivity index (χ4n) is 4.32. The summed E-state index contributed by atoms with van der Waals surface area (Å²) in [5.41, 5.74) is 0. The van der Waals surface area contributed by atoms with Crippen molar-refractivity contribution in [1.82, 2.24) is 5.32 Å². The second kappa shape index (κ2) is 20.9. The van der Waals surface area contributed by atoms with Crippen LogP contribution in [-0.4, -0.2) is 65.1 Å². The molecule has 1 aliphatic rings. The molecule has 0 spiro atoms. The Hall–Kier alpha value is -1.03. The zero-order chi connectivity index (χ0) is 27.4. The summed E-state index contributed by atoms with van der Waals surface area (Å²) in [4.78, 5) is 32.5. The lowest BCUT2D eigenvalue weighted by Crippen LogP contribution is -2.29. The first-order valence-corrected chi connectivity index (χ1v) is 15.7. The van der Waals surface area contributed by atoms with Gasteiger partial charge in [0.2, 0.25) is 0 Å². The van der Waals surface area contributed by atoms with Crippen LogP contribution in [-0.2, 0) is 27.9 Å². The van der Waals surface area contributed by atoms with E-state index in [0.29, 0.717) is 0 Å². The van der Waals surface area contributed by atoms with Crippen LogP contribution in [0, 0.1) is 0 Å². The molecule has 1 unspecified atom stereocenters. The Balaban J connectivity index is 1.93. The van der Waals surface area contributed by atoms with E-state index in [9.17, 15) is 24.2 Å². The molecule has 1 saturated heterocycles. The molecule has 1 rings (SSSR count). The zero-order valence-corrected chi connectivity index (χ0v) is 23.5. The van der Waals surface area contributed by atoms with Gasteiger partial charge in [0, 0.05) is 19.4 Å². The first kappa shape index (κ1) is 34.0. The number of unbranched alkanes of at least 4 members (excludes halogenated alkanes) is 14. The van der Waals surface area contributed by atoms with Crippen LogP contribution in [0.5, 0.6) is 0 Å². The predicted molar refractivity (Wildman–Crippen MR) is 141 cm³/mol. The maximum Gasteiger partial charge on any atom is 0.472 e.